The van der Waals surface area contributed by atoms with Crippen molar-refractivity contribution in [1.82, 2.24) is 0 Å². The van der Waals surface area contributed by atoms with Gasteiger partial charge in [0.15, 0.2) is 0 Å². The SMILES string of the molecule is OCc1cc(F)cc(CBr)c1. The Kier molecular flexibility index (Phi) is 3.02. The van der Waals surface area contributed by atoms with Gasteiger partial charge in [0.2, 0.25) is 0 Å². The molecule has 0 radical (unpaired) electrons. The molecule has 1 aromatic rings. The van der Waals surface area contributed by atoms with Crippen LogP contribution < -0.4 is 0 Å². The lowest BCUT2D eigenvalue weighted by atomic mass is 10.1. The molecule has 60 valence electrons. The van der Waals surface area contributed by atoms with E-state index in [4.69, 9.17) is 5.11 Å². The fourth-order valence-corrected chi connectivity index (χ4v) is 1.21. The number of halogens is 2. The highest BCUT2D eigenvalue weighted by atomic mass is 79.9. The lowest BCUT2D eigenvalue weighted by Gasteiger charge is -1.99. The van der Waals surface area contributed by atoms with Crippen LogP contribution in [0.1, 0.15) is 11.1 Å². The third-order valence-electron chi connectivity index (χ3n) is 1.35. The first kappa shape index (κ1) is 8.68. The minimum absolute atomic E-state index is 0.113. The van der Waals surface area contributed by atoms with Gasteiger partial charge in [0.25, 0.3) is 0 Å². The van der Waals surface area contributed by atoms with Gasteiger partial charge in [-0.2, -0.15) is 0 Å². The summed E-state index contributed by atoms with van der Waals surface area (Å²) in [6.07, 6.45) is 0. The highest BCUT2D eigenvalue weighted by molar-refractivity contribution is 9.08. The van der Waals surface area contributed by atoms with Gasteiger partial charge in [-0.1, -0.05) is 22.0 Å². The van der Waals surface area contributed by atoms with Gasteiger partial charge < -0.3 is 5.11 Å². The first-order valence-corrected chi connectivity index (χ1v) is 4.33. The summed E-state index contributed by atoms with van der Waals surface area (Å²) in [6, 6.07) is 4.53. The number of hydrogen-bond donors (Lipinski definition) is 1. The lowest BCUT2D eigenvalue weighted by Crippen LogP contribution is -1.88. The molecule has 0 aliphatic heterocycles. The quantitative estimate of drug-likeness (QED) is 0.756. The van der Waals surface area contributed by atoms with E-state index in [2.05, 4.69) is 15.9 Å². The Balaban J connectivity index is 3.02. The lowest BCUT2D eigenvalue weighted by molar-refractivity contribution is 0.281. The summed E-state index contributed by atoms with van der Waals surface area (Å²) in [6.45, 7) is -0.113. The summed E-state index contributed by atoms with van der Waals surface area (Å²) < 4.78 is 12.7. The zero-order valence-corrected chi connectivity index (χ0v) is 7.44. The van der Waals surface area contributed by atoms with Gasteiger partial charge in [0, 0.05) is 5.33 Å². The second-order valence-corrected chi connectivity index (χ2v) is 2.82. The molecule has 1 aromatic carbocycles. The van der Waals surface area contributed by atoms with E-state index >= 15 is 0 Å². The van der Waals surface area contributed by atoms with E-state index in [0.29, 0.717) is 10.9 Å². The average molecular weight is 219 g/mol. The average Bonchev–Trinajstić information content (AvgIpc) is 2.03. The fourth-order valence-electron chi connectivity index (χ4n) is 0.886. The van der Waals surface area contributed by atoms with Crippen LogP contribution in [0.3, 0.4) is 0 Å². The second-order valence-electron chi connectivity index (χ2n) is 2.26. The molecule has 0 saturated carbocycles. The van der Waals surface area contributed by atoms with E-state index < -0.39 is 0 Å². The molecule has 0 bridgehead atoms. The summed E-state index contributed by atoms with van der Waals surface area (Å²) in [7, 11) is 0. The predicted molar refractivity (Wildman–Crippen MR) is 45.0 cm³/mol. The van der Waals surface area contributed by atoms with Crippen molar-refractivity contribution in [2.24, 2.45) is 0 Å². The van der Waals surface area contributed by atoms with E-state index in [0.717, 1.165) is 5.56 Å². The normalized spacial score (nSPS) is 10.1. The highest BCUT2D eigenvalue weighted by Crippen LogP contribution is 2.11. The monoisotopic (exact) mass is 218 g/mol. The molecule has 0 spiro atoms. The minimum Gasteiger partial charge on any atom is -0.392 e. The van der Waals surface area contributed by atoms with E-state index in [-0.39, 0.29) is 12.4 Å². The molecule has 0 unspecified atom stereocenters. The van der Waals surface area contributed by atoms with Gasteiger partial charge in [-0.3, -0.25) is 0 Å². The Bertz CT molecular complexity index is 228. The highest BCUT2D eigenvalue weighted by Gasteiger charge is 1.97. The first-order chi connectivity index (χ1) is 5.26. The molecule has 0 aliphatic carbocycles. The van der Waals surface area contributed by atoms with Crippen LogP contribution in [0.15, 0.2) is 18.2 Å². The Morgan fingerprint density at radius 2 is 1.91 bits per heavy atom. The van der Waals surface area contributed by atoms with Crippen LogP contribution in [0, 0.1) is 5.82 Å². The second kappa shape index (κ2) is 3.83. The van der Waals surface area contributed by atoms with E-state index in [1.165, 1.54) is 12.1 Å². The molecule has 0 saturated heterocycles. The van der Waals surface area contributed by atoms with Crippen molar-refractivity contribution >= 4 is 15.9 Å². The van der Waals surface area contributed by atoms with Gasteiger partial charge in [-0.05, 0) is 23.3 Å². The number of alkyl halides is 1. The van der Waals surface area contributed by atoms with Crippen molar-refractivity contribution < 1.29 is 9.50 Å². The van der Waals surface area contributed by atoms with Crippen molar-refractivity contribution in [3.63, 3.8) is 0 Å². The number of benzene rings is 1. The van der Waals surface area contributed by atoms with Gasteiger partial charge >= 0.3 is 0 Å². The molecule has 0 amide bonds. The molecule has 3 heteroatoms. The van der Waals surface area contributed by atoms with E-state index in [1.54, 1.807) is 6.07 Å². The van der Waals surface area contributed by atoms with E-state index in [1.807, 2.05) is 0 Å². The number of aliphatic hydroxyl groups is 1. The molecular formula is C8H8BrFO. The minimum atomic E-state index is -0.300. The molecule has 0 aromatic heterocycles. The maximum absolute atomic E-state index is 12.7. The molecule has 0 heterocycles. The van der Waals surface area contributed by atoms with E-state index in [9.17, 15) is 4.39 Å². The standard InChI is InChI=1S/C8H8BrFO/c9-4-6-1-7(5-11)3-8(10)2-6/h1-3,11H,4-5H2. The smallest absolute Gasteiger partial charge is 0.123 e. The zero-order chi connectivity index (χ0) is 8.27. The maximum atomic E-state index is 12.7. The first-order valence-electron chi connectivity index (χ1n) is 3.21. The molecular weight excluding hydrogens is 211 g/mol. The number of aliphatic hydroxyl groups excluding tert-OH is 1. The van der Waals surface area contributed by atoms with Crippen LogP contribution in [-0.4, -0.2) is 5.11 Å². The van der Waals surface area contributed by atoms with Crippen molar-refractivity contribution in [2.45, 2.75) is 11.9 Å². The summed E-state index contributed by atoms with van der Waals surface area (Å²) in [4.78, 5) is 0. The summed E-state index contributed by atoms with van der Waals surface area (Å²) >= 11 is 3.21. The predicted octanol–water partition coefficient (Wildman–Crippen LogP) is 2.21. The van der Waals surface area contributed by atoms with Crippen LogP contribution in [0.4, 0.5) is 4.39 Å². The number of hydrogen-bond acceptors (Lipinski definition) is 1. The Hall–Kier alpha value is -0.410. The largest absolute Gasteiger partial charge is 0.392 e. The Morgan fingerprint density at radius 3 is 2.45 bits per heavy atom. The summed E-state index contributed by atoms with van der Waals surface area (Å²) in [5.41, 5.74) is 1.45. The van der Waals surface area contributed by atoms with Crippen LogP contribution in [0.5, 0.6) is 0 Å². The van der Waals surface area contributed by atoms with Gasteiger partial charge in [-0.25, -0.2) is 4.39 Å². The van der Waals surface area contributed by atoms with Crippen LogP contribution in [0.25, 0.3) is 0 Å². The summed E-state index contributed by atoms with van der Waals surface area (Å²) in [5, 5.41) is 9.31. The zero-order valence-electron chi connectivity index (χ0n) is 5.85. The Labute approximate surface area is 73.0 Å². The summed E-state index contributed by atoms with van der Waals surface area (Å²) in [5.74, 6) is -0.300. The number of rotatable bonds is 2. The van der Waals surface area contributed by atoms with Crippen molar-refractivity contribution in [3.05, 3.63) is 35.1 Å². The molecule has 1 rings (SSSR count). The van der Waals surface area contributed by atoms with Crippen molar-refractivity contribution in [1.29, 1.82) is 0 Å². The van der Waals surface area contributed by atoms with Crippen LogP contribution in [-0.2, 0) is 11.9 Å². The Morgan fingerprint density at radius 1 is 1.27 bits per heavy atom. The maximum Gasteiger partial charge on any atom is 0.123 e. The fraction of sp³-hybridized carbons (Fsp3) is 0.250. The molecule has 0 atom stereocenters. The third kappa shape index (κ3) is 2.27. The van der Waals surface area contributed by atoms with Gasteiger partial charge in [-0.15, -0.1) is 0 Å². The van der Waals surface area contributed by atoms with Gasteiger partial charge in [0.05, 0.1) is 6.61 Å². The molecule has 1 N–H and O–H groups in total. The molecule has 0 fully saturated rings. The van der Waals surface area contributed by atoms with Crippen LogP contribution >= 0.6 is 15.9 Å². The molecule has 11 heavy (non-hydrogen) atoms. The van der Waals surface area contributed by atoms with Crippen LogP contribution in [0.2, 0.25) is 0 Å². The van der Waals surface area contributed by atoms with Gasteiger partial charge in [0.1, 0.15) is 5.82 Å². The van der Waals surface area contributed by atoms with Crippen molar-refractivity contribution in [2.75, 3.05) is 0 Å². The van der Waals surface area contributed by atoms with Crippen molar-refractivity contribution in [3.8, 4) is 0 Å². The topological polar surface area (TPSA) is 20.2 Å². The molecule has 0 aliphatic rings. The third-order valence-corrected chi connectivity index (χ3v) is 2.00. The molecule has 1 nitrogen and oxygen atoms in total.